The summed E-state index contributed by atoms with van der Waals surface area (Å²) in [6, 6.07) is 7.36. The fourth-order valence-corrected chi connectivity index (χ4v) is 3.39. The number of aliphatic hydroxyl groups excluding tert-OH is 1. The van der Waals surface area contributed by atoms with Crippen molar-refractivity contribution in [2.24, 2.45) is 0 Å². The Labute approximate surface area is 185 Å². The van der Waals surface area contributed by atoms with Crippen LogP contribution in [0, 0.1) is 18.8 Å². The molecule has 0 spiro atoms. The predicted molar refractivity (Wildman–Crippen MR) is 118 cm³/mol. The Kier molecular flexibility index (Phi) is 8.33. The number of hydrogen-bond donors (Lipinski definition) is 2. The number of aliphatic hydroxyl groups is 1. The average molecular weight is 446 g/mol. The van der Waals surface area contributed by atoms with E-state index in [-0.39, 0.29) is 24.8 Å². The maximum atomic E-state index is 12.5. The van der Waals surface area contributed by atoms with Crippen molar-refractivity contribution in [1.29, 1.82) is 0 Å². The Morgan fingerprint density at radius 2 is 1.97 bits per heavy atom. The highest BCUT2D eigenvalue weighted by atomic mass is 19.4. The summed E-state index contributed by atoms with van der Waals surface area (Å²) in [4.78, 5) is 13.6. The van der Waals surface area contributed by atoms with Gasteiger partial charge in [0.1, 0.15) is 5.75 Å². The molecule has 0 aliphatic rings. The van der Waals surface area contributed by atoms with Crippen LogP contribution >= 0.6 is 0 Å². The van der Waals surface area contributed by atoms with E-state index in [2.05, 4.69) is 28.5 Å². The summed E-state index contributed by atoms with van der Waals surface area (Å²) >= 11 is 0. The van der Waals surface area contributed by atoms with Gasteiger partial charge < -0.3 is 20.1 Å². The van der Waals surface area contributed by atoms with Crippen LogP contribution < -0.4 is 15.0 Å². The fourth-order valence-electron chi connectivity index (χ4n) is 3.39. The number of ether oxygens (including phenoxy) is 1. The molecule has 0 aliphatic heterocycles. The van der Waals surface area contributed by atoms with Gasteiger partial charge in [-0.05, 0) is 60.4 Å². The maximum absolute atomic E-state index is 12.5. The van der Waals surface area contributed by atoms with E-state index in [0.29, 0.717) is 23.2 Å². The number of rotatable bonds is 8. The van der Waals surface area contributed by atoms with Crippen molar-refractivity contribution in [1.82, 2.24) is 5.32 Å². The number of amides is 1. The van der Waals surface area contributed by atoms with Gasteiger partial charge in [-0.15, -0.1) is 19.1 Å². The van der Waals surface area contributed by atoms with Crippen LogP contribution in [0.2, 0.25) is 0 Å². The summed E-state index contributed by atoms with van der Waals surface area (Å²) in [5.41, 5.74) is 4.27. The first-order valence-electron chi connectivity index (χ1n) is 9.74. The molecule has 0 atom stereocenters. The van der Waals surface area contributed by atoms with Crippen molar-refractivity contribution in [2.45, 2.75) is 33.4 Å². The molecule has 0 bridgehead atoms. The summed E-state index contributed by atoms with van der Waals surface area (Å²) in [5.74, 6) is 5.13. The molecule has 0 saturated carbocycles. The summed E-state index contributed by atoms with van der Waals surface area (Å²) in [7, 11) is 1.84. The van der Waals surface area contributed by atoms with Crippen molar-refractivity contribution >= 4 is 11.6 Å². The van der Waals surface area contributed by atoms with E-state index in [0.717, 1.165) is 22.9 Å². The van der Waals surface area contributed by atoms with Crippen molar-refractivity contribution in [3.05, 3.63) is 59.7 Å². The SMILES string of the molecule is C=CC(=O)NCc1cc(-c2ccc(OC(F)(F)F)cc2)c(C)c(N(C)CC#CC)c1CO. The Bertz CT molecular complexity index is 1040. The number of hydrogen-bond acceptors (Lipinski definition) is 4. The number of anilines is 1. The number of halogens is 3. The monoisotopic (exact) mass is 446 g/mol. The third-order valence-corrected chi connectivity index (χ3v) is 4.82. The molecule has 32 heavy (non-hydrogen) atoms. The highest BCUT2D eigenvalue weighted by molar-refractivity contribution is 5.87. The molecular formula is C24H25F3N2O3. The third kappa shape index (κ3) is 6.28. The Hall–Kier alpha value is -3.44. The highest BCUT2D eigenvalue weighted by Gasteiger charge is 2.31. The lowest BCUT2D eigenvalue weighted by Crippen LogP contribution is -2.24. The molecule has 2 aromatic rings. The van der Waals surface area contributed by atoms with Crippen molar-refractivity contribution < 1.29 is 27.8 Å². The molecule has 0 unspecified atom stereocenters. The maximum Gasteiger partial charge on any atom is 0.573 e. The minimum absolute atomic E-state index is 0.142. The normalized spacial score (nSPS) is 10.7. The molecule has 0 heterocycles. The molecule has 1 amide bonds. The molecule has 2 aromatic carbocycles. The van der Waals surface area contributed by atoms with Gasteiger partial charge in [0, 0.05) is 24.8 Å². The average Bonchev–Trinajstić information content (AvgIpc) is 2.75. The van der Waals surface area contributed by atoms with Gasteiger partial charge in [0.15, 0.2) is 0 Å². The van der Waals surface area contributed by atoms with Gasteiger partial charge >= 0.3 is 6.36 Å². The minimum Gasteiger partial charge on any atom is -0.406 e. The van der Waals surface area contributed by atoms with Gasteiger partial charge in [0.2, 0.25) is 5.91 Å². The summed E-state index contributed by atoms with van der Waals surface area (Å²) in [6.45, 7) is 7.31. The first-order chi connectivity index (χ1) is 15.1. The molecule has 0 aromatic heterocycles. The first-order valence-corrected chi connectivity index (χ1v) is 9.74. The van der Waals surface area contributed by atoms with Gasteiger partial charge in [0.05, 0.1) is 13.2 Å². The van der Waals surface area contributed by atoms with E-state index < -0.39 is 6.36 Å². The quantitative estimate of drug-likeness (QED) is 0.469. The smallest absolute Gasteiger partial charge is 0.406 e. The van der Waals surface area contributed by atoms with Crippen LogP contribution in [-0.2, 0) is 17.9 Å². The standard InChI is InChI=1S/C24H25F3N2O3/c1-5-7-12-29(4)23-16(3)20(13-18(21(23)15-30)14-28-22(31)6-2)17-8-10-19(11-9-17)32-24(25,26)27/h6,8-11,13,30H,2,12,14-15H2,1,3-4H3,(H,28,31). The van der Waals surface area contributed by atoms with Crippen LogP contribution in [0.3, 0.4) is 0 Å². The summed E-state index contributed by atoms with van der Waals surface area (Å²) < 4.78 is 41.4. The van der Waals surface area contributed by atoms with Crippen LogP contribution in [-0.4, -0.2) is 31.0 Å². The number of alkyl halides is 3. The second kappa shape index (κ2) is 10.7. The molecule has 0 saturated heterocycles. The van der Waals surface area contributed by atoms with Gasteiger partial charge in [-0.2, -0.15) is 0 Å². The van der Waals surface area contributed by atoms with Gasteiger partial charge in [-0.25, -0.2) is 0 Å². The molecular weight excluding hydrogens is 421 g/mol. The predicted octanol–water partition coefficient (Wildman–Crippen LogP) is 4.31. The van der Waals surface area contributed by atoms with E-state index >= 15 is 0 Å². The zero-order valence-electron chi connectivity index (χ0n) is 18.1. The Morgan fingerprint density at radius 3 is 2.50 bits per heavy atom. The zero-order valence-corrected chi connectivity index (χ0v) is 18.1. The van der Waals surface area contributed by atoms with Crippen molar-refractivity contribution in [3.8, 4) is 28.7 Å². The number of nitrogens with zero attached hydrogens (tertiary/aromatic N) is 1. The number of carbonyl (C=O) groups is 1. The van der Waals surface area contributed by atoms with Crippen LogP contribution in [0.15, 0.2) is 43.0 Å². The Morgan fingerprint density at radius 1 is 1.31 bits per heavy atom. The number of carbonyl (C=O) groups excluding carboxylic acids is 1. The largest absolute Gasteiger partial charge is 0.573 e. The number of nitrogens with one attached hydrogen (secondary N) is 1. The molecule has 170 valence electrons. The van der Waals surface area contributed by atoms with Gasteiger partial charge in [-0.1, -0.05) is 24.6 Å². The van der Waals surface area contributed by atoms with E-state index in [1.807, 2.05) is 24.9 Å². The minimum atomic E-state index is -4.77. The topological polar surface area (TPSA) is 61.8 Å². The van der Waals surface area contributed by atoms with Crippen LogP contribution in [0.5, 0.6) is 5.75 Å². The third-order valence-electron chi connectivity index (χ3n) is 4.82. The highest BCUT2D eigenvalue weighted by Crippen LogP contribution is 2.37. The summed E-state index contributed by atoms with van der Waals surface area (Å²) in [6.07, 6.45) is -3.62. The van der Waals surface area contributed by atoms with E-state index in [4.69, 9.17) is 0 Å². The fraction of sp³-hybridized carbons (Fsp3) is 0.292. The molecule has 0 fully saturated rings. The second-order valence-electron chi connectivity index (χ2n) is 6.97. The van der Waals surface area contributed by atoms with Gasteiger partial charge in [-0.3, -0.25) is 4.79 Å². The van der Waals surface area contributed by atoms with E-state index in [9.17, 15) is 23.1 Å². The van der Waals surface area contributed by atoms with Crippen LogP contribution in [0.25, 0.3) is 11.1 Å². The summed E-state index contributed by atoms with van der Waals surface area (Å²) in [5, 5.41) is 12.8. The van der Waals surface area contributed by atoms with E-state index in [1.54, 1.807) is 6.92 Å². The van der Waals surface area contributed by atoms with Crippen LogP contribution in [0.4, 0.5) is 18.9 Å². The lowest BCUT2D eigenvalue weighted by atomic mass is 9.91. The Balaban J connectivity index is 2.61. The van der Waals surface area contributed by atoms with Crippen molar-refractivity contribution in [2.75, 3.05) is 18.5 Å². The molecule has 0 radical (unpaired) electrons. The first kappa shape index (κ1) is 24.8. The van der Waals surface area contributed by atoms with Gasteiger partial charge in [0.25, 0.3) is 0 Å². The molecule has 2 N–H and O–H groups in total. The van der Waals surface area contributed by atoms with Crippen molar-refractivity contribution in [3.63, 3.8) is 0 Å². The van der Waals surface area contributed by atoms with Crippen LogP contribution in [0.1, 0.15) is 23.6 Å². The second-order valence-corrected chi connectivity index (χ2v) is 6.97. The lowest BCUT2D eigenvalue weighted by Gasteiger charge is -2.27. The molecule has 5 nitrogen and oxygen atoms in total. The molecule has 8 heteroatoms. The molecule has 0 aliphatic carbocycles. The number of benzene rings is 2. The zero-order chi connectivity index (χ0) is 23.9. The molecule has 2 rings (SSSR count). The van der Waals surface area contributed by atoms with E-state index in [1.165, 1.54) is 24.3 Å². The lowest BCUT2D eigenvalue weighted by molar-refractivity contribution is -0.274.